The maximum Gasteiger partial charge on any atom is 0.392 e. The highest BCUT2D eigenvalue weighted by Gasteiger charge is 2.25. The number of alkyl halides is 3. The minimum absolute atomic E-state index is 0.514. The highest BCUT2D eigenvalue weighted by atomic mass is 31.2. The van der Waals surface area contributed by atoms with Gasteiger partial charge in [-0.3, -0.25) is 4.57 Å². The van der Waals surface area contributed by atoms with Crippen molar-refractivity contribution in [2.75, 3.05) is 7.11 Å². The molecule has 0 heterocycles. The normalized spacial score (nSPS) is 18.1. The zero-order valence-electron chi connectivity index (χ0n) is 6.21. The SMILES string of the molecule is COP(=O)(O)C=CCC(F)(F)F. The molecule has 0 aliphatic carbocycles. The fourth-order valence-corrected chi connectivity index (χ4v) is 0.874. The van der Waals surface area contributed by atoms with Crippen molar-refractivity contribution in [2.45, 2.75) is 12.6 Å². The van der Waals surface area contributed by atoms with Gasteiger partial charge in [-0.2, -0.15) is 13.2 Å². The topological polar surface area (TPSA) is 46.5 Å². The molecule has 0 saturated heterocycles. The molecule has 1 N–H and O–H groups in total. The lowest BCUT2D eigenvalue weighted by atomic mass is 10.4. The summed E-state index contributed by atoms with van der Waals surface area (Å²) in [6.45, 7) is 0. The first-order valence-electron chi connectivity index (χ1n) is 2.89. The van der Waals surface area contributed by atoms with Crippen molar-refractivity contribution in [3.63, 3.8) is 0 Å². The molecule has 0 aromatic rings. The van der Waals surface area contributed by atoms with E-state index < -0.39 is 20.2 Å². The van der Waals surface area contributed by atoms with Crippen LogP contribution in [-0.4, -0.2) is 18.2 Å². The Labute approximate surface area is 67.4 Å². The van der Waals surface area contributed by atoms with Crippen molar-refractivity contribution >= 4 is 7.60 Å². The molecule has 0 radical (unpaired) electrons. The summed E-state index contributed by atoms with van der Waals surface area (Å²) >= 11 is 0. The van der Waals surface area contributed by atoms with Gasteiger partial charge in [-0.1, -0.05) is 6.08 Å². The van der Waals surface area contributed by atoms with Crippen molar-refractivity contribution in [3.8, 4) is 0 Å². The van der Waals surface area contributed by atoms with E-state index in [2.05, 4.69) is 4.52 Å². The Morgan fingerprint density at radius 2 is 2.08 bits per heavy atom. The molecule has 0 saturated carbocycles. The third-order valence-corrected chi connectivity index (χ3v) is 2.02. The third kappa shape index (κ3) is 6.39. The molecule has 7 heteroatoms. The first kappa shape index (κ1) is 11.7. The van der Waals surface area contributed by atoms with Crippen LogP contribution >= 0.6 is 7.60 Å². The summed E-state index contributed by atoms with van der Waals surface area (Å²) in [5, 5.41) is 0. The molecule has 0 amide bonds. The van der Waals surface area contributed by atoms with Crippen LogP contribution in [0.3, 0.4) is 0 Å². The molecule has 0 aliphatic heterocycles. The van der Waals surface area contributed by atoms with E-state index in [1.54, 1.807) is 0 Å². The molecule has 0 aromatic heterocycles. The van der Waals surface area contributed by atoms with Crippen LogP contribution in [0.2, 0.25) is 0 Å². The standard InChI is InChI=1S/C5H8F3O3P/c1-11-12(9,10)4-2-3-5(6,7)8/h2,4H,3H2,1H3,(H,9,10). The van der Waals surface area contributed by atoms with E-state index in [4.69, 9.17) is 4.89 Å². The molecule has 0 aromatic carbocycles. The zero-order valence-corrected chi connectivity index (χ0v) is 7.10. The van der Waals surface area contributed by atoms with Crippen molar-refractivity contribution in [1.82, 2.24) is 0 Å². The summed E-state index contributed by atoms with van der Waals surface area (Å²) in [4.78, 5) is 8.60. The average molecular weight is 204 g/mol. The minimum Gasteiger partial charge on any atom is -0.321 e. The summed E-state index contributed by atoms with van der Waals surface area (Å²) in [7, 11) is -3.00. The van der Waals surface area contributed by atoms with Gasteiger partial charge in [0.2, 0.25) is 0 Å². The van der Waals surface area contributed by atoms with Crippen molar-refractivity contribution in [2.24, 2.45) is 0 Å². The lowest BCUT2D eigenvalue weighted by Gasteiger charge is -2.03. The minimum atomic E-state index is -4.36. The van der Waals surface area contributed by atoms with E-state index >= 15 is 0 Å². The van der Waals surface area contributed by atoms with Gasteiger partial charge in [-0.05, 0) is 0 Å². The van der Waals surface area contributed by atoms with E-state index in [0.717, 1.165) is 7.11 Å². The van der Waals surface area contributed by atoms with E-state index in [9.17, 15) is 17.7 Å². The Morgan fingerprint density at radius 1 is 1.58 bits per heavy atom. The molecular weight excluding hydrogens is 196 g/mol. The second-order valence-electron chi connectivity index (χ2n) is 1.95. The number of allylic oxidation sites excluding steroid dienone is 1. The summed E-state index contributed by atoms with van der Waals surface area (Å²) in [6, 6.07) is 0. The number of rotatable bonds is 3. The third-order valence-electron chi connectivity index (χ3n) is 0.905. The Kier molecular flexibility index (Phi) is 3.96. The number of hydrogen-bond acceptors (Lipinski definition) is 2. The van der Waals surface area contributed by atoms with Gasteiger partial charge in [0.05, 0.1) is 6.42 Å². The molecule has 1 unspecified atom stereocenters. The largest absolute Gasteiger partial charge is 0.392 e. The van der Waals surface area contributed by atoms with E-state index in [1.807, 2.05) is 0 Å². The van der Waals surface area contributed by atoms with Crippen LogP contribution in [-0.2, 0) is 9.09 Å². The van der Waals surface area contributed by atoms with E-state index in [1.165, 1.54) is 0 Å². The maximum absolute atomic E-state index is 11.5. The molecular formula is C5H8F3O3P. The van der Waals surface area contributed by atoms with Crippen molar-refractivity contribution < 1.29 is 27.2 Å². The average Bonchev–Trinajstić information content (AvgIpc) is 1.84. The van der Waals surface area contributed by atoms with Gasteiger partial charge < -0.3 is 9.42 Å². The zero-order chi connectivity index (χ0) is 9.83. The molecule has 0 spiro atoms. The smallest absolute Gasteiger partial charge is 0.321 e. The predicted molar refractivity (Wildman–Crippen MR) is 36.6 cm³/mol. The van der Waals surface area contributed by atoms with Crippen molar-refractivity contribution in [1.29, 1.82) is 0 Å². The highest BCUT2D eigenvalue weighted by molar-refractivity contribution is 7.56. The second-order valence-corrected chi connectivity index (χ2v) is 3.74. The first-order chi connectivity index (χ1) is 5.27. The van der Waals surface area contributed by atoms with Crippen LogP contribution < -0.4 is 0 Å². The van der Waals surface area contributed by atoms with E-state index in [0.29, 0.717) is 11.9 Å². The Hall–Kier alpha value is -0.320. The fraction of sp³-hybridized carbons (Fsp3) is 0.600. The van der Waals surface area contributed by atoms with Gasteiger partial charge in [0.25, 0.3) is 0 Å². The summed E-state index contributed by atoms with van der Waals surface area (Å²) in [5.74, 6) is 0.514. The molecule has 0 rings (SSSR count). The van der Waals surface area contributed by atoms with Crippen LogP contribution in [0, 0.1) is 0 Å². The molecule has 1 atom stereocenters. The van der Waals surface area contributed by atoms with Crippen LogP contribution in [0.25, 0.3) is 0 Å². The van der Waals surface area contributed by atoms with Crippen LogP contribution in [0.15, 0.2) is 11.9 Å². The number of halogens is 3. The second kappa shape index (κ2) is 4.07. The quantitative estimate of drug-likeness (QED) is 0.717. The van der Waals surface area contributed by atoms with Crippen LogP contribution in [0.1, 0.15) is 6.42 Å². The van der Waals surface area contributed by atoms with Crippen molar-refractivity contribution in [3.05, 3.63) is 11.9 Å². The van der Waals surface area contributed by atoms with E-state index in [-0.39, 0.29) is 0 Å². The lowest BCUT2D eigenvalue weighted by molar-refractivity contribution is -0.124. The molecule has 0 fully saturated rings. The van der Waals surface area contributed by atoms with Gasteiger partial charge in [0, 0.05) is 12.9 Å². The predicted octanol–water partition coefficient (Wildman–Crippen LogP) is 2.28. The Balaban J connectivity index is 4.02. The summed E-state index contributed by atoms with van der Waals surface area (Å²) in [5.41, 5.74) is 0. The maximum atomic E-state index is 11.5. The summed E-state index contributed by atoms with van der Waals surface area (Å²) < 4.78 is 49.0. The van der Waals surface area contributed by atoms with Crippen LogP contribution in [0.5, 0.6) is 0 Å². The summed E-state index contributed by atoms with van der Waals surface area (Å²) in [6.07, 6.45) is -5.03. The molecule has 72 valence electrons. The monoisotopic (exact) mass is 204 g/mol. The fourth-order valence-electron chi connectivity index (χ4n) is 0.380. The van der Waals surface area contributed by atoms with Gasteiger partial charge in [-0.25, -0.2) is 0 Å². The van der Waals surface area contributed by atoms with Gasteiger partial charge in [0.15, 0.2) is 0 Å². The lowest BCUT2D eigenvalue weighted by Crippen LogP contribution is -2.03. The highest BCUT2D eigenvalue weighted by Crippen LogP contribution is 2.42. The number of hydrogen-bond donors (Lipinski definition) is 1. The first-order valence-corrected chi connectivity index (χ1v) is 4.54. The molecule has 0 aliphatic rings. The molecule has 3 nitrogen and oxygen atoms in total. The molecule has 0 bridgehead atoms. The van der Waals surface area contributed by atoms with Gasteiger partial charge >= 0.3 is 13.8 Å². The Morgan fingerprint density at radius 3 is 2.42 bits per heavy atom. The Bertz CT molecular complexity index is 210. The van der Waals surface area contributed by atoms with Gasteiger partial charge in [0.1, 0.15) is 0 Å². The molecule has 12 heavy (non-hydrogen) atoms. The van der Waals surface area contributed by atoms with Crippen LogP contribution in [0.4, 0.5) is 13.2 Å². The van der Waals surface area contributed by atoms with Gasteiger partial charge in [-0.15, -0.1) is 0 Å².